The summed E-state index contributed by atoms with van der Waals surface area (Å²) in [5.41, 5.74) is 11.7. The van der Waals surface area contributed by atoms with Crippen LogP contribution in [0.2, 0.25) is 0 Å². The molecule has 38 heavy (non-hydrogen) atoms. The second-order valence-corrected chi connectivity index (χ2v) is 10.6. The van der Waals surface area contributed by atoms with E-state index < -0.39 is 0 Å². The molecule has 0 saturated carbocycles. The monoisotopic (exact) mass is 509 g/mol. The third kappa shape index (κ3) is 4.32. The van der Waals surface area contributed by atoms with Crippen molar-refractivity contribution in [2.75, 3.05) is 68.2 Å². The van der Waals surface area contributed by atoms with E-state index in [0.717, 1.165) is 30.0 Å². The molecule has 2 aliphatic heterocycles. The molecule has 6 rings (SSSR count). The van der Waals surface area contributed by atoms with Crippen molar-refractivity contribution in [3.8, 4) is 17.2 Å². The zero-order valence-corrected chi connectivity index (χ0v) is 21.8. The maximum absolute atomic E-state index is 13.0. The second kappa shape index (κ2) is 9.14. The molecular weight excluding hydrogens is 478 g/mol. The number of carbonyl (C=O) groups excluding carboxylic acids is 1. The van der Waals surface area contributed by atoms with Gasteiger partial charge < -0.3 is 25.8 Å². The number of aromatic nitrogens is 4. The highest BCUT2D eigenvalue weighted by Crippen LogP contribution is 2.41. The SMILES string of the molecule is CN1CC2(C1)CN(c1ccc(NC(=O)c3cnn(-c4nccc(-c5ccc(N(C)C)cc5)n4)c3N)cc1)C2. The number of nitrogens with two attached hydrogens (primary N) is 1. The summed E-state index contributed by atoms with van der Waals surface area (Å²) in [4.78, 5) is 28.7. The highest BCUT2D eigenvalue weighted by atomic mass is 16.1. The van der Waals surface area contributed by atoms with Gasteiger partial charge in [-0.05, 0) is 49.5 Å². The Hall–Kier alpha value is -4.44. The first kappa shape index (κ1) is 23.9. The smallest absolute Gasteiger partial charge is 0.261 e. The molecule has 1 amide bonds. The molecule has 2 aliphatic rings. The van der Waals surface area contributed by atoms with Crippen LogP contribution in [0, 0.1) is 5.41 Å². The van der Waals surface area contributed by atoms with Gasteiger partial charge >= 0.3 is 0 Å². The Balaban J connectivity index is 1.13. The van der Waals surface area contributed by atoms with Gasteiger partial charge in [-0.1, -0.05) is 12.1 Å². The van der Waals surface area contributed by atoms with E-state index in [9.17, 15) is 4.79 Å². The molecule has 1 spiro atoms. The summed E-state index contributed by atoms with van der Waals surface area (Å²) < 4.78 is 1.38. The summed E-state index contributed by atoms with van der Waals surface area (Å²) in [6.07, 6.45) is 3.10. The van der Waals surface area contributed by atoms with Crippen LogP contribution >= 0.6 is 0 Å². The quantitative estimate of drug-likeness (QED) is 0.408. The minimum atomic E-state index is -0.336. The van der Waals surface area contributed by atoms with Gasteiger partial charge in [-0.15, -0.1) is 0 Å². The maximum atomic E-state index is 13.0. The van der Waals surface area contributed by atoms with Gasteiger partial charge in [0.25, 0.3) is 11.9 Å². The summed E-state index contributed by atoms with van der Waals surface area (Å²) in [5, 5.41) is 7.22. The van der Waals surface area contributed by atoms with Gasteiger partial charge in [-0.2, -0.15) is 9.78 Å². The number of nitrogens with zero attached hydrogens (tertiary/aromatic N) is 7. The molecule has 194 valence electrons. The molecule has 2 fully saturated rings. The van der Waals surface area contributed by atoms with E-state index in [1.165, 1.54) is 29.7 Å². The highest BCUT2D eigenvalue weighted by molar-refractivity contribution is 6.07. The Labute approximate surface area is 221 Å². The van der Waals surface area contributed by atoms with Crippen LogP contribution in [-0.4, -0.2) is 77.9 Å². The standard InChI is InChI=1S/C28H31N9O/c1-34(2)21-8-4-19(5-9-21)24-12-13-30-27(33-24)37-25(29)23(14-31-37)26(38)32-20-6-10-22(11-7-20)36-17-28(18-36)15-35(3)16-28/h4-14H,15-18,29H2,1-3H3,(H,32,38). The van der Waals surface area contributed by atoms with Gasteiger partial charge in [-0.25, -0.2) is 9.97 Å². The Kier molecular flexibility index (Phi) is 5.76. The largest absolute Gasteiger partial charge is 0.383 e. The minimum Gasteiger partial charge on any atom is -0.383 e. The average Bonchev–Trinajstić information content (AvgIpc) is 3.27. The van der Waals surface area contributed by atoms with Crippen LogP contribution in [0.4, 0.5) is 22.9 Å². The summed E-state index contributed by atoms with van der Waals surface area (Å²) in [7, 11) is 6.16. The number of benzene rings is 2. The van der Waals surface area contributed by atoms with Gasteiger partial charge in [0, 0.05) is 74.5 Å². The number of likely N-dealkylation sites (tertiary alicyclic amines) is 1. The number of hydrogen-bond donors (Lipinski definition) is 2. The second-order valence-electron chi connectivity index (χ2n) is 10.6. The molecule has 0 atom stereocenters. The van der Waals surface area contributed by atoms with Crippen LogP contribution in [0.1, 0.15) is 10.4 Å². The number of carbonyl (C=O) groups is 1. The Bertz CT molecular complexity index is 1460. The van der Waals surface area contributed by atoms with Gasteiger partial charge in [-0.3, -0.25) is 4.79 Å². The third-order valence-electron chi connectivity index (χ3n) is 7.32. The number of amides is 1. The van der Waals surface area contributed by atoms with Gasteiger partial charge in [0.1, 0.15) is 11.4 Å². The Morgan fingerprint density at radius 1 is 1.00 bits per heavy atom. The number of anilines is 4. The molecule has 0 radical (unpaired) electrons. The maximum Gasteiger partial charge on any atom is 0.261 e. The molecule has 10 heteroatoms. The van der Waals surface area contributed by atoms with E-state index in [-0.39, 0.29) is 17.3 Å². The topological polar surface area (TPSA) is 108 Å². The molecule has 2 saturated heterocycles. The fourth-order valence-corrected chi connectivity index (χ4v) is 5.43. The molecule has 4 aromatic rings. The van der Waals surface area contributed by atoms with Gasteiger partial charge in [0.05, 0.1) is 11.9 Å². The minimum absolute atomic E-state index is 0.176. The molecule has 0 bridgehead atoms. The number of nitrogens with one attached hydrogen (secondary N) is 1. The fourth-order valence-electron chi connectivity index (χ4n) is 5.43. The molecular formula is C28H31N9O. The van der Waals surface area contributed by atoms with E-state index in [0.29, 0.717) is 17.1 Å². The molecule has 0 aliphatic carbocycles. The predicted octanol–water partition coefficient (Wildman–Crippen LogP) is 2.98. The number of rotatable bonds is 6. The van der Waals surface area contributed by atoms with Crippen molar-refractivity contribution in [1.82, 2.24) is 24.6 Å². The summed E-state index contributed by atoms with van der Waals surface area (Å²) in [6.45, 7) is 4.52. The van der Waals surface area contributed by atoms with Crippen LogP contribution in [-0.2, 0) is 0 Å². The lowest BCUT2D eigenvalue weighted by molar-refractivity contribution is -0.00238. The number of nitrogen functional groups attached to an aromatic ring is 1. The lowest BCUT2D eigenvalue weighted by atomic mass is 9.73. The van der Waals surface area contributed by atoms with Crippen molar-refractivity contribution in [3.63, 3.8) is 0 Å². The Morgan fingerprint density at radius 2 is 1.71 bits per heavy atom. The van der Waals surface area contributed by atoms with E-state index in [4.69, 9.17) is 5.73 Å². The van der Waals surface area contributed by atoms with Crippen molar-refractivity contribution in [2.45, 2.75) is 0 Å². The first-order valence-electron chi connectivity index (χ1n) is 12.6. The zero-order chi connectivity index (χ0) is 26.4. The lowest BCUT2D eigenvalue weighted by Crippen LogP contribution is -2.71. The van der Waals surface area contributed by atoms with Crippen molar-refractivity contribution in [2.24, 2.45) is 5.41 Å². The van der Waals surface area contributed by atoms with Crippen LogP contribution in [0.25, 0.3) is 17.2 Å². The van der Waals surface area contributed by atoms with E-state index >= 15 is 0 Å². The molecule has 10 nitrogen and oxygen atoms in total. The van der Waals surface area contributed by atoms with E-state index in [2.05, 4.69) is 37.2 Å². The molecule has 0 unspecified atom stereocenters. The molecule has 2 aromatic carbocycles. The first-order chi connectivity index (χ1) is 18.3. The van der Waals surface area contributed by atoms with Crippen molar-refractivity contribution in [3.05, 3.63) is 72.6 Å². The van der Waals surface area contributed by atoms with Crippen LogP contribution < -0.4 is 20.9 Å². The third-order valence-corrected chi connectivity index (χ3v) is 7.32. The van der Waals surface area contributed by atoms with Crippen molar-refractivity contribution < 1.29 is 4.79 Å². The summed E-state index contributed by atoms with van der Waals surface area (Å²) in [6, 6.07) is 17.8. The van der Waals surface area contributed by atoms with Gasteiger partial charge in [0.2, 0.25) is 0 Å². The molecule has 4 heterocycles. The summed E-state index contributed by atoms with van der Waals surface area (Å²) >= 11 is 0. The van der Waals surface area contributed by atoms with Crippen molar-refractivity contribution >= 4 is 28.8 Å². The summed E-state index contributed by atoms with van der Waals surface area (Å²) in [5.74, 6) is 0.137. The highest BCUT2D eigenvalue weighted by Gasteiger charge is 2.50. The fraction of sp³-hybridized carbons (Fsp3) is 0.286. The predicted molar refractivity (Wildman–Crippen MR) is 150 cm³/mol. The van der Waals surface area contributed by atoms with Gasteiger partial charge in [0.15, 0.2) is 0 Å². The molecule has 2 aromatic heterocycles. The Morgan fingerprint density at radius 3 is 2.37 bits per heavy atom. The van der Waals surface area contributed by atoms with E-state index in [1.807, 2.05) is 73.6 Å². The van der Waals surface area contributed by atoms with Crippen molar-refractivity contribution in [1.29, 1.82) is 0 Å². The molecule has 3 N–H and O–H groups in total. The number of hydrogen-bond acceptors (Lipinski definition) is 8. The average molecular weight is 510 g/mol. The lowest BCUT2D eigenvalue weighted by Gasteiger charge is -2.60. The zero-order valence-electron chi connectivity index (χ0n) is 21.8. The van der Waals surface area contributed by atoms with Crippen LogP contribution in [0.5, 0.6) is 0 Å². The normalized spacial score (nSPS) is 16.1. The van der Waals surface area contributed by atoms with Crippen LogP contribution in [0.3, 0.4) is 0 Å². The van der Waals surface area contributed by atoms with E-state index in [1.54, 1.807) is 6.20 Å². The van der Waals surface area contributed by atoms with Crippen LogP contribution in [0.15, 0.2) is 67.0 Å². The first-order valence-corrected chi connectivity index (χ1v) is 12.6.